The lowest BCUT2D eigenvalue weighted by molar-refractivity contribution is -0.139. The molecule has 13 heteroatoms. The third-order valence-electron chi connectivity index (χ3n) is 6.00. The highest BCUT2D eigenvalue weighted by molar-refractivity contribution is 5.99. The quantitative estimate of drug-likeness (QED) is 0.274. The van der Waals surface area contributed by atoms with E-state index in [4.69, 9.17) is 9.47 Å². The summed E-state index contributed by atoms with van der Waals surface area (Å²) in [5, 5.41) is 4.58. The van der Waals surface area contributed by atoms with Crippen LogP contribution in [0, 0.1) is 11.6 Å². The van der Waals surface area contributed by atoms with Gasteiger partial charge in [0.15, 0.2) is 11.6 Å². The highest BCUT2D eigenvalue weighted by Crippen LogP contribution is 2.33. The van der Waals surface area contributed by atoms with Crippen molar-refractivity contribution in [2.75, 3.05) is 36.9 Å². The minimum Gasteiger partial charge on any atom is -0.454 e. The van der Waals surface area contributed by atoms with Crippen molar-refractivity contribution in [3.63, 3.8) is 0 Å². The summed E-state index contributed by atoms with van der Waals surface area (Å²) in [6, 6.07) is 9.55. The Morgan fingerprint density at radius 3 is 2.35 bits per heavy atom. The van der Waals surface area contributed by atoms with Gasteiger partial charge in [-0.05, 0) is 42.5 Å². The predicted molar refractivity (Wildman–Crippen MR) is 136 cm³/mol. The Balaban J connectivity index is 1.28. The number of benzene rings is 3. The van der Waals surface area contributed by atoms with Gasteiger partial charge in [-0.2, -0.15) is 13.2 Å². The predicted octanol–water partition coefficient (Wildman–Crippen LogP) is 6.20. The molecule has 0 bridgehead atoms. The molecule has 0 spiro atoms. The lowest BCUT2D eigenvalue weighted by Crippen LogP contribution is -2.35. The smallest absolute Gasteiger partial charge is 0.419 e. The average molecular weight is 559 g/mol. The van der Waals surface area contributed by atoms with Crippen molar-refractivity contribution in [2.45, 2.75) is 12.7 Å². The van der Waals surface area contributed by atoms with E-state index in [-0.39, 0.29) is 22.9 Å². The largest absolute Gasteiger partial charge is 0.454 e. The number of nitrogens with one attached hydrogen (secondary N) is 2. The van der Waals surface area contributed by atoms with Crippen molar-refractivity contribution >= 4 is 28.4 Å². The van der Waals surface area contributed by atoms with E-state index in [0.29, 0.717) is 42.9 Å². The van der Waals surface area contributed by atoms with Crippen LogP contribution < -0.4 is 15.4 Å². The molecule has 208 valence electrons. The third kappa shape index (κ3) is 6.61. The number of amides is 2. The van der Waals surface area contributed by atoms with Crippen LogP contribution in [0.5, 0.6) is 11.5 Å². The van der Waals surface area contributed by atoms with Gasteiger partial charge in [0.2, 0.25) is 0 Å². The number of morpholine rings is 1. The van der Waals surface area contributed by atoms with E-state index < -0.39 is 29.4 Å². The molecule has 0 radical (unpaired) electrons. The molecule has 1 aliphatic rings. The number of carbonyl (C=O) groups is 1. The molecule has 1 saturated heterocycles. The van der Waals surface area contributed by atoms with Crippen LogP contribution in [0.25, 0.3) is 11.0 Å². The van der Waals surface area contributed by atoms with Crippen LogP contribution >= 0.6 is 0 Å². The maximum atomic E-state index is 14.5. The van der Waals surface area contributed by atoms with Gasteiger partial charge in [-0.1, -0.05) is 0 Å². The number of nitrogens with zero attached hydrogens (tertiary/aromatic N) is 3. The highest BCUT2D eigenvalue weighted by Gasteiger charge is 2.34. The van der Waals surface area contributed by atoms with Gasteiger partial charge >= 0.3 is 12.2 Å². The second-order valence-corrected chi connectivity index (χ2v) is 8.92. The Morgan fingerprint density at radius 1 is 0.925 bits per heavy atom. The number of anilines is 2. The number of rotatable bonds is 6. The summed E-state index contributed by atoms with van der Waals surface area (Å²) in [6.07, 6.45) is -3.23. The fourth-order valence-corrected chi connectivity index (χ4v) is 4.06. The lowest BCUT2D eigenvalue weighted by atomic mass is 10.2. The number of halogens is 5. The first-order valence-electron chi connectivity index (χ1n) is 12.1. The zero-order valence-corrected chi connectivity index (χ0v) is 20.8. The summed E-state index contributed by atoms with van der Waals surface area (Å²) in [6.45, 7) is 3.51. The monoisotopic (exact) mass is 559 g/mol. The number of alkyl halides is 3. The Hall–Kier alpha value is -4.36. The van der Waals surface area contributed by atoms with Crippen LogP contribution in [0.15, 0.2) is 60.8 Å². The van der Waals surface area contributed by atoms with Crippen molar-refractivity contribution < 1.29 is 36.2 Å². The Bertz CT molecular complexity index is 1540. The van der Waals surface area contributed by atoms with Gasteiger partial charge in [0.1, 0.15) is 11.6 Å². The summed E-state index contributed by atoms with van der Waals surface area (Å²) < 4.78 is 77.9. The molecule has 0 saturated carbocycles. The summed E-state index contributed by atoms with van der Waals surface area (Å²) in [5.74, 6) is -2.12. The summed E-state index contributed by atoms with van der Waals surface area (Å²) in [5.41, 5.74) is 0.236. The maximum absolute atomic E-state index is 14.5. The van der Waals surface area contributed by atoms with E-state index in [2.05, 4.69) is 25.5 Å². The van der Waals surface area contributed by atoms with Gasteiger partial charge in [-0.3, -0.25) is 9.88 Å². The van der Waals surface area contributed by atoms with Gasteiger partial charge in [0.25, 0.3) is 0 Å². The van der Waals surface area contributed by atoms with E-state index in [0.717, 1.165) is 30.9 Å². The Morgan fingerprint density at radius 2 is 1.62 bits per heavy atom. The molecular formula is C27H22F5N5O3. The molecule has 5 rings (SSSR count). The van der Waals surface area contributed by atoms with Crippen molar-refractivity contribution in [1.29, 1.82) is 0 Å². The van der Waals surface area contributed by atoms with E-state index in [1.54, 1.807) is 24.4 Å². The molecule has 3 aromatic carbocycles. The molecule has 1 aromatic heterocycles. The first kappa shape index (κ1) is 27.2. The number of hydrogen-bond donors (Lipinski definition) is 2. The second kappa shape index (κ2) is 11.4. The molecule has 0 unspecified atom stereocenters. The van der Waals surface area contributed by atoms with Gasteiger partial charge < -0.3 is 20.1 Å². The summed E-state index contributed by atoms with van der Waals surface area (Å²) >= 11 is 0. The van der Waals surface area contributed by atoms with Crippen LogP contribution in [0.3, 0.4) is 0 Å². The van der Waals surface area contributed by atoms with Crippen molar-refractivity contribution in [3.05, 3.63) is 83.7 Å². The van der Waals surface area contributed by atoms with Crippen molar-refractivity contribution in [1.82, 2.24) is 14.9 Å². The first-order chi connectivity index (χ1) is 19.1. The number of hydrogen-bond acceptors (Lipinski definition) is 6. The maximum Gasteiger partial charge on any atom is 0.419 e. The SMILES string of the molecule is O=C(Nc1ccc(F)c(Oc2ccc3ncc(CN4CCOCC4)nc3c2)c1)Nc1ccc(F)c(C(F)(F)F)c1. The van der Waals surface area contributed by atoms with Gasteiger partial charge in [0.05, 0.1) is 41.7 Å². The van der Waals surface area contributed by atoms with Crippen LogP contribution in [0.4, 0.5) is 38.1 Å². The molecular weight excluding hydrogens is 537 g/mol. The molecule has 1 fully saturated rings. The van der Waals surface area contributed by atoms with Crippen LogP contribution in [-0.2, 0) is 17.5 Å². The van der Waals surface area contributed by atoms with Gasteiger partial charge in [0, 0.05) is 43.1 Å². The molecule has 40 heavy (non-hydrogen) atoms. The van der Waals surface area contributed by atoms with Gasteiger partial charge in [-0.15, -0.1) is 0 Å². The molecule has 8 nitrogen and oxygen atoms in total. The number of ether oxygens (including phenoxy) is 2. The molecule has 2 heterocycles. The number of carbonyl (C=O) groups excluding carboxylic acids is 1. The minimum absolute atomic E-state index is 0.0976. The van der Waals surface area contributed by atoms with E-state index in [9.17, 15) is 26.7 Å². The molecule has 2 N–H and O–H groups in total. The third-order valence-corrected chi connectivity index (χ3v) is 6.00. The number of urea groups is 1. The van der Waals surface area contributed by atoms with Crippen LogP contribution in [-0.4, -0.2) is 47.2 Å². The standard InChI is InChI=1S/C27H22F5N5O3/c28-21-4-1-16(11-20(21)27(30,31)32)35-26(38)36-17-2-5-22(29)25(12-17)40-19-3-6-23-24(13-19)34-18(14-33-23)15-37-7-9-39-10-8-37/h1-6,11-14H,7-10,15H2,(H2,35,36,38). The van der Waals surface area contributed by atoms with E-state index in [1.165, 1.54) is 12.1 Å². The van der Waals surface area contributed by atoms with Crippen LogP contribution in [0.1, 0.15) is 11.3 Å². The molecule has 0 aliphatic carbocycles. The molecule has 1 aliphatic heterocycles. The van der Waals surface area contributed by atoms with Crippen molar-refractivity contribution in [3.8, 4) is 11.5 Å². The highest BCUT2D eigenvalue weighted by atomic mass is 19.4. The summed E-state index contributed by atoms with van der Waals surface area (Å²) in [7, 11) is 0. The van der Waals surface area contributed by atoms with Crippen molar-refractivity contribution in [2.24, 2.45) is 0 Å². The minimum atomic E-state index is -4.93. The fraction of sp³-hybridized carbons (Fsp3) is 0.222. The van der Waals surface area contributed by atoms with E-state index >= 15 is 0 Å². The first-order valence-corrected chi connectivity index (χ1v) is 12.1. The van der Waals surface area contributed by atoms with Gasteiger partial charge in [-0.25, -0.2) is 18.6 Å². The Labute approximate surface area is 224 Å². The molecule has 4 aromatic rings. The molecule has 2 amide bonds. The van der Waals surface area contributed by atoms with E-state index in [1.807, 2.05) is 0 Å². The average Bonchev–Trinajstić information content (AvgIpc) is 2.91. The number of fused-ring (bicyclic) bond motifs is 1. The fourth-order valence-electron chi connectivity index (χ4n) is 4.06. The Kier molecular flexibility index (Phi) is 7.76. The normalized spacial score (nSPS) is 14.2. The second-order valence-electron chi connectivity index (χ2n) is 8.92. The van der Waals surface area contributed by atoms with Crippen LogP contribution in [0.2, 0.25) is 0 Å². The molecule has 0 atom stereocenters. The zero-order chi connectivity index (χ0) is 28.3. The summed E-state index contributed by atoms with van der Waals surface area (Å²) in [4.78, 5) is 23.6. The lowest BCUT2D eigenvalue weighted by Gasteiger charge is -2.26. The topological polar surface area (TPSA) is 88.6 Å². The zero-order valence-electron chi connectivity index (χ0n) is 20.8. The number of aromatic nitrogens is 2.